The van der Waals surface area contributed by atoms with Crippen LogP contribution in [0.4, 0.5) is 0 Å². The molecule has 8 N–H and O–H groups in total. The molecule has 4 atom stereocenters. The number of benzene rings is 2. The van der Waals surface area contributed by atoms with Gasteiger partial charge in [0.1, 0.15) is 23.9 Å². The fourth-order valence-electron chi connectivity index (χ4n) is 4.41. The third-order valence-electron chi connectivity index (χ3n) is 6.60. The summed E-state index contributed by atoms with van der Waals surface area (Å²) in [5.41, 5.74) is 6.55. The zero-order valence-electron chi connectivity index (χ0n) is 22.0. The number of aliphatic carboxylic acids is 1. The van der Waals surface area contributed by atoms with Crippen LogP contribution in [0.1, 0.15) is 36.8 Å². The Morgan fingerprint density at radius 1 is 0.850 bits per heavy atom. The van der Waals surface area contributed by atoms with Gasteiger partial charge in [0.25, 0.3) is 0 Å². The molecule has 2 aromatic carbocycles. The molecule has 0 aromatic heterocycles. The predicted octanol–water partition coefficient (Wildman–Crippen LogP) is -0.266. The van der Waals surface area contributed by atoms with Crippen LogP contribution in [0.3, 0.4) is 0 Å². The minimum Gasteiger partial charge on any atom is -0.508 e. The van der Waals surface area contributed by atoms with Crippen molar-refractivity contribution in [2.45, 2.75) is 62.7 Å². The van der Waals surface area contributed by atoms with E-state index in [-0.39, 0.29) is 31.4 Å². The number of carboxylic acid groups (broad SMARTS) is 1. The van der Waals surface area contributed by atoms with Gasteiger partial charge in [-0.3, -0.25) is 19.2 Å². The van der Waals surface area contributed by atoms with E-state index in [4.69, 9.17) is 5.73 Å². The number of nitrogens with two attached hydrogens (primary N) is 1. The van der Waals surface area contributed by atoms with Gasteiger partial charge in [0.05, 0.1) is 6.04 Å². The highest BCUT2D eigenvalue weighted by Crippen LogP contribution is 2.13. The third kappa shape index (κ3) is 9.38. The zero-order valence-corrected chi connectivity index (χ0v) is 22.0. The van der Waals surface area contributed by atoms with Gasteiger partial charge in [-0.05, 0) is 49.1 Å². The second-order valence-corrected chi connectivity index (χ2v) is 9.74. The fourth-order valence-corrected chi connectivity index (χ4v) is 4.41. The van der Waals surface area contributed by atoms with Crippen LogP contribution in [0, 0.1) is 0 Å². The summed E-state index contributed by atoms with van der Waals surface area (Å²) in [6.45, 7) is 0.671. The lowest BCUT2D eigenvalue weighted by Gasteiger charge is -2.25. The summed E-state index contributed by atoms with van der Waals surface area (Å²) in [5.74, 6) is -3.74. The van der Waals surface area contributed by atoms with E-state index in [1.165, 1.54) is 12.1 Å². The number of phenols is 1. The third-order valence-corrected chi connectivity index (χ3v) is 6.60. The molecule has 1 aliphatic heterocycles. The smallest absolute Gasteiger partial charge is 0.326 e. The average molecular weight is 554 g/mol. The lowest BCUT2D eigenvalue weighted by Crippen LogP contribution is -2.57. The molecule has 12 nitrogen and oxygen atoms in total. The van der Waals surface area contributed by atoms with Gasteiger partial charge in [-0.2, -0.15) is 0 Å². The molecule has 3 rings (SSSR count). The zero-order chi connectivity index (χ0) is 29.1. The van der Waals surface area contributed by atoms with Gasteiger partial charge in [0, 0.05) is 19.3 Å². The van der Waals surface area contributed by atoms with Gasteiger partial charge in [-0.25, -0.2) is 4.79 Å². The molecular formula is C28H35N5O7. The van der Waals surface area contributed by atoms with Gasteiger partial charge in [-0.1, -0.05) is 42.5 Å². The predicted molar refractivity (Wildman–Crippen MR) is 145 cm³/mol. The minimum absolute atomic E-state index is 0.0204. The number of phenolic OH excluding ortho intramolecular Hbond substituents is 1. The van der Waals surface area contributed by atoms with E-state index in [0.717, 1.165) is 6.42 Å². The Kier molecular flexibility index (Phi) is 11.0. The monoisotopic (exact) mass is 553 g/mol. The largest absolute Gasteiger partial charge is 0.508 e. The average Bonchev–Trinajstić information content (AvgIpc) is 3.47. The number of hydrogen-bond donors (Lipinski definition) is 7. The molecule has 0 saturated carbocycles. The number of amides is 4. The lowest BCUT2D eigenvalue weighted by atomic mass is 10.0. The first kappa shape index (κ1) is 30.1. The van der Waals surface area contributed by atoms with Crippen molar-refractivity contribution in [1.82, 2.24) is 21.3 Å². The molecule has 4 amide bonds. The maximum Gasteiger partial charge on any atom is 0.326 e. The Balaban J connectivity index is 1.77. The molecule has 1 saturated heterocycles. The highest BCUT2D eigenvalue weighted by atomic mass is 16.4. The Morgan fingerprint density at radius 3 is 2.05 bits per heavy atom. The summed E-state index contributed by atoms with van der Waals surface area (Å²) in [6, 6.07) is 10.7. The molecule has 0 bridgehead atoms. The van der Waals surface area contributed by atoms with Crippen molar-refractivity contribution >= 4 is 29.6 Å². The number of aromatic hydroxyl groups is 1. The van der Waals surface area contributed by atoms with Crippen LogP contribution in [-0.4, -0.2) is 70.5 Å². The Hall–Kier alpha value is -4.45. The topological polar surface area (TPSA) is 200 Å². The molecule has 40 heavy (non-hydrogen) atoms. The van der Waals surface area contributed by atoms with Crippen molar-refractivity contribution in [2.75, 3.05) is 6.54 Å². The van der Waals surface area contributed by atoms with E-state index >= 15 is 0 Å². The first-order valence-corrected chi connectivity index (χ1v) is 13.1. The van der Waals surface area contributed by atoms with Crippen molar-refractivity contribution < 1.29 is 34.2 Å². The molecule has 0 radical (unpaired) electrons. The number of carbonyl (C=O) groups is 5. The van der Waals surface area contributed by atoms with Crippen LogP contribution in [0.5, 0.6) is 5.75 Å². The van der Waals surface area contributed by atoms with E-state index in [1.807, 2.05) is 0 Å². The van der Waals surface area contributed by atoms with Gasteiger partial charge in [0.15, 0.2) is 0 Å². The van der Waals surface area contributed by atoms with Crippen LogP contribution in [0.2, 0.25) is 0 Å². The Bertz CT molecular complexity index is 1180. The van der Waals surface area contributed by atoms with Gasteiger partial charge >= 0.3 is 5.97 Å². The van der Waals surface area contributed by atoms with Crippen molar-refractivity contribution in [3.63, 3.8) is 0 Å². The second-order valence-electron chi connectivity index (χ2n) is 9.74. The summed E-state index contributed by atoms with van der Waals surface area (Å²) >= 11 is 0. The van der Waals surface area contributed by atoms with Gasteiger partial charge in [0.2, 0.25) is 23.6 Å². The standard InChI is InChI=1S/C28H35N5O7/c29-24(35)13-12-21(31-25(36)20-7-4-14-30-20)26(37)32-22(15-17-5-2-1-3-6-17)27(38)33-23(28(39)40)16-18-8-10-19(34)11-9-18/h1-3,5-6,8-11,20-23,30,34H,4,7,12-16H2,(H2,29,35)(H,31,36)(H,32,37)(H,33,38)(H,39,40). The number of nitrogens with one attached hydrogen (secondary N) is 4. The number of primary amides is 1. The molecule has 0 aliphatic carbocycles. The summed E-state index contributed by atoms with van der Waals surface area (Å²) in [5, 5.41) is 30.1. The number of carboxylic acids is 1. The van der Waals surface area contributed by atoms with Crippen molar-refractivity contribution in [3.05, 3.63) is 65.7 Å². The summed E-state index contributed by atoms with van der Waals surface area (Å²) in [7, 11) is 0. The molecule has 1 aliphatic rings. The van der Waals surface area contributed by atoms with E-state index in [0.29, 0.717) is 24.1 Å². The highest BCUT2D eigenvalue weighted by Gasteiger charge is 2.32. The van der Waals surface area contributed by atoms with Crippen LogP contribution >= 0.6 is 0 Å². The lowest BCUT2D eigenvalue weighted by molar-refractivity contribution is -0.142. The minimum atomic E-state index is -1.31. The van der Waals surface area contributed by atoms with Gasteiger partial charge in [-0.15, -0.1) is 0 Å². The van der Waals surface area contributed by atoms with E-state index in [9.17, 15) is 34.2 Å². The SMILES string of the molecule is NC(=O)CCC(NC(=O)C1CCCN1)C(=O)NC(Cc1ccccc1)C(=O)NC(Cc1ccc(O)cc1)C(=O)O. The fraction of sp³-hybridized carbons (Fsp3) is 0.393. The molecule has 1 fully saturated rings. The van der Waals surface area contributed by atoms with Crippen molar-refractivity contribution in [3.8, 4) is 5.75 Å². The Labute approximate surface area is 231 Å². The molecule has 1 heterocycles. The maximum absolute atomic E-state index is 13.4. The highest BCUT2D eigenvalue weighted by molar-refractivity contribution is 5.94. The van der Waals surface area contributed by atoms with Gasteiger partial charge < -0.3 is 37.2 Å². The van der Waals surface area contributed by atoms with Crippen molar-refractivity contribution in [1.29, 1.82) is 0 Å². The summed E-state index contributed by atoms with van der Waals surface area (Å²) in [6.07, 6.45) is 1.17. The van der Waals surface area contributed by atoms with E-state index < -0.39 is 53.8 Å². The first-order chi connectivity index (χ1) is 19.1. The molecule has 12 heteroatoms. The van der Waals surface area contributed by atoms with Crippen LogP contribution in [-0.2, 0) is 36.8 Å². The normalized spacial score (nSPS) is 16.8. The molecular weight excluding hydrogens is 518 g/mol. The maximum atomic E-state index is 13.4. The van der Waals surface area contributed by atoms with E-state index in [1.54, 1.807) is 42.5 Å². The molecule has 2 aromatic rings. The van der Waals surface area contributed by atoms with Crippen molar-refractivity contribution in [2.24, 2.45) is 5.73 Å². The summed E-state index contributed by atoms with van der Waals surface area (Å²) < 4.78 is 0. The quantitative estimate of drug-likeness (QED) is 0.166. The number of hydrogen-bond acceptors (Lipinski definition) is 7. The number of carbonyl (C=O) groups excluding carboxylic acids is 4. The van der Waals surface area contributed by atoms with Crippen LogP contribution in [0.15, 0.2) is 54.6 Å². The summed E-state index contributed by atoms with van der Waals surface area (Å²) in [4.78, 5) is 62.8. The molecule has 0 spiro atoms. The number of rotatable bonds is 14. The molecule has 214 valence electrons. The van der Waals surface area contributed by atoms with Crippen LogP contribution < -0.4 is 27.0 Å². The van der Waals surface area contributed by atoms with Crippen LogP contribution in [0.25, 0.3) is 0 Å². The first-order valence-electron chi connectivity index (χ1n) is 13.1. The van der Waals surface area contributed by atoms with E-state index in [2.05, 4.69) is 21.3 Å². The Morgan fingerprint density at radius 2 is 1.45 bits per heavy atom. The second kappa shape index (κ2) is 14.6. The molecule has 4 unspecified atom stereocenters.